The fourth-order valence-electron chi connectivity index (χ4n) is 6.04. The molecule has 0 aliphatic rings. The van der Waals surface area contributed by atoms with Gasteiger partial charge < -0.3 is 10.2 Å². The van der Waals surface area contributed by atoms with Crippen LogP contribution in [0.15, 0.2) is 127 Å². The molecule has 4 N–H and O–H groups in total. The maximum atomic E-state index is 12.2. The van der Waals surface area contributed by atoms with Crippen molar-refractivity contribution in [1.82, 2.24) is 0 Å². The first kappa shape index (κ1) is 36.3. The van der Waals surface area contributed by atoms with Crippen molar-refractivity contribution in [3.63, 3.8) is 0 Å². The summed E-state index contributed by atoms with van der Waals surface area (Å²) in [5.74, 6) is -0.845. The lowest BCUT2D eigenvalue weighted by Gasteiger charge is -2.12. The highest BCUT2D eigenvalue weighted by Crippen LogP contribution is 2.43. The van der Waals surface area contributed by atoms with Crippen LogP contribution in [0.3, 0.4) is 0 Å². The smallest absolute Gasteiger partial charge is 0.296 e. The van der Waals surface area contributed by atoms with E-state index < -0.39 is 41.5 Å². The quantitative estimate of drug-likeness (QED) is 0.0743. The number of rotatable bonds is 11. The second-order valence-electron chi connectivity index (χ2n) is 12.1. The molecule has 0 bridgehead atoms. The summed E-state index contributed by atoms with van der Waals surface area (Å²) >= 11 is 0. The van der Waals surface area contributed by atoms with Crippen LogP contribution in [0.2, 0.25) is 0 Å². The average Bonchev–Trinajstić information content (AvgIpc) is 3.11. The Morgan fingerprint density at radius 1 is 0.519 bits per heavy atom. The second-order valence-corrected chi connectivity index (χ2v) is 14.9. The predicted octanol–water partition coefficient (Wildman–Crippen LogP) is 10.3. The Labute approximate surface area is 300 Å². The van der Waals surface area contributed by atoms with Crippen molar-refractivity contribution in [3.05, 3.63) is 108 Å². The van der Waals surface area contributed by atoms with Crippen LogP contribution in [0.5, 0.6) is 11.5 Å². The number of aromatic hydroxyl groups is 2. The highest BCUT2D eigenvalue weighted by molar-refractivity contribution is 7.86. The van der Waals surface area contributed by atoms with Crippen LogP contribution < -0.4 is 0 Å². The number of phenols is 2. The number of hydrogen-bond donors (Lipinski definition) is 4. The molecule has 0 spiro atoms. The van der Waals surface area contributed by atoms with Gasteiger partial charge in [-0.1, -0.05) is 87.4 Å². The molecule has 0 aromatic heterocycles. The maximum Gasteiger partial charge on any atom is 0.296 e. The van der Waals surface area contributed by atoms with E-state index in [2.05, 4.69) is 20.5 Å². The van der Waals surface area contributed by atoms with Gasteiger partial charge in [-0.15, -0.1) is 10.2 Å². The van der Waals surface area contributed by atoms with Crippen molar-refractivity contribution in [3.8, 4) is 22.6 Å². The molecule has 0 aliphatic carbocycles. The average molecular weight is 739 g/mol. The summed E-state index contributed by atoms with van der Waals surface area (Å²) in [6, 6.07) is 26.7. The van der Waals surface area contributed by atoms with Crippen LogP contribution in [0.1, 0.15) is 37.8 Å². The Hall–Kier alpha value is -5.54. The molecule has 14 heteroatoms. The predicted molar refractivity (Wildman–Crippen MR) is 199 cm³/mol. The van der Waals surface area contributed by atoms with E-state index in [1.54, 1.807) is 60.7 Å². The number of aryl methyl sites for hydroxylation is 2. The van der Waals surface area contributed by atoms with E-state index in [-0.39, 0.29) is 11.4 Å². The zero-order valence-corrected chi connectivity index (χ0v) is 29.7. The molecule has 0 fully saturated rings. The van der Waals surface area contributed by atoms with E-state index in [4.69, 9.17) is 0 Å². The van der Waals surface area contributed by atoms with Crippen molar-refractivity contribution in [2.24, 2.45) is 20.5 Å². The van der Waals surface area contributed by atoms with Crippen LogP contribution >= 0.6 is 0 Å². The van der Waals surface area contributed by atoms with Gasteiger partial charge >= 0.3 is 0 Å². The third kappa shape index (κ3) is 7.41. The largest absolute Gasteiger partial charge is 0.505 e. The number of nitrogens with zero attached hydrogens (tertiary/aromatic N) is 4. The molecule has 12 nitrogen and oxygen atoms in total. The zero-order chi connectivity index (χ0) is 37.2. The standard InChI is InChI=1S/C38H34N4O8S2/c1-3-9-27-19-23(15-17-31(27)39-41-35-33(51(45,46)47)21-25-11-5-7-13-29(25)37(35)43)24-16-18-32(28(20-24)10-4-2)40-42-36-34(52(48,49)50)22-26-12-6-8-14-30(26)38(36)44/h5-8,11-22,43-44H,3-4,9-10H2,1-2H3,(H,45,46,47)(H,48,49,50). The molecular weight excluding hydrogens is 705 g/mol. The molecule has 0 unspecified atom stereocenters. The summed E-state index contributed by atoms with van der Waals surface area (Å²) in [6.45, 7) is 4.00. The van der Waals surface area contributed by atoms with Crippen molar-refractivity contribution >= 4 is 64.5 Å². The summed E-state index contributed by atoms with van der Waals surface area (Å²) in [5, 5.41) is 40.3. The van der Waals surface area contributed by atoms with E-state index in [0.717, 1.165) is 35.1 Å². The highest BCUT2D eigenvalue weighted by Gasteiger charge is 2.23. The summed E-state index contributed by atoms with van der Waals surface area (Å²) in [4.78, 5) is -1.13. The SMILES string of the molecule is CCCc1cc(-c2ccc(N=Nc3c(S(=O)(=O)O)cc4ccccc4c3O)c(CCC)c2)ccc1N=Nc1c(S(=O)(=O)O)cc2ccccc2c1O. The number of fused-ring (bicyclic) bond motifs is 2. The minimum Gasteiger partial charge on any atom is -0.505 e. The molecular formula is C38H34N4O8S2. The summed E-state index contributed by atoms with van der Waals surface area (Å²) in [5.41, 5.74) is 3.45. The van der Waals surface area contributed by atoms with Crippen molar-refractivity contribution in [1.29, 1.82) is 0 Å². The van der Waals surface area contributed by atoms with Gasteiger partial charge in [-0.2, -0.15) is 27.1 Å². The van der Waals surface area contributed by atoms with Crippen molar-refractivity contribution in [2.75, 3.05) is 0 Å². The number of phenolic OH excluding ortho intramolecular Hbond substituents is 2. The Morgan fingerprint density at radius 2 is 0.904 bits per heavy atom. The van der Waals surface area contributed by atoms with E-state index in [1.807, 2.05) is 38.1 Å². The first-order chi connectivity index (χ1) is 24.8. The Morgan fingerprint density at radius 3 is 1.27 bits per heavy atom. The van der Waals surface area contributed by atoms with E-state index in [1.165, 1.54) is 12.1 Å². The molecule has 0 aliphatic heterocycles. The van der Waals surface area contributed by atoms with Gasteiger partial charge in [-0.3, -0.25) is 9.11 Å². The van der Waals surface area contributed by atoms with E-state index >= 15 is 0 Å². The molecule has 0 saturated carbocycles. The molecule has 6 rings (SSSR count). The third-order valence-electron chi connectivity index (χ3n) is 8.52. The summed E-state index contributed by atoms with van der Waals surface area (Å²) in [6.07, 6.45) is 2.74. The van der Waals surface area contributed by atoms with Gasteiger partial charge in [-0.25, -0.2) is 0 Å². The lowest BCUT2D eigenvalue weighted by Crippen LogP contribution is -1.99. The monoisotopic (exact) mass is 738 g/mol. The van der Waals surface area contributed by atoms with E-state index in [9.17, 15) is 36.2 Å². The normalized spacial score (nSPS) is 12.5. The minimum atomic E-state index is -4.75. The Balaban J connectivity index is 1.38. The summed E-state index contributed by atoms with van der Waals surface area (Å²) in [7, 11) is -9.49. The van der Waals surface area contributed by atoms with Crippen LogP contribution in [-0.4, -0.2) is 36.2 Å². The van der Waals surface area contributed by atoms with Gasteiger partial charge in [0.05, 0.1) is 11.4 Å². The van der Waals surface area contributed by atoms with E-state index in [0.29, 0.717) is 45.8 Å². The minimum absolute atomic E-state index is 0.353. The number of benzene rings is 6. The van der Waals surface area contributed by atoms with Crippen LogP contribution in [-0.2, 0) is 33.1 Å². The lowest BCUT2D eigenvalue weighted by molar-refractivity contribution is 0.471. The summed E-state index contributed by atoms with van der Waals surface area (Å²) < 4.78 is 68.8. The lowest BCUT2D eigenvalue weighted by atomic mass is 9.96. The fraction of sp³-hybridized carbons (Fsp3) is 0.158. The fourth-order valence-corrected chi connectivity index (χ4v) is 7.36. The second kappa shape index (κ2) is 14.6. The van der Waals surface area contributed by atoms with Crippen molar-refractivity contribution in [2.45, 2.75) is 49.3 Å². The molecule has 0 heterocycles. The first-order valence-electron chi connectivity index (χ1n) is 16.3. The highest BCUT2D eigenvalue weighted by atomic mass is 32.2. The Kier molecular flexibility index (Phi) is 10.2. The molecule has 6 aromatic carbocycles. The number of azo groups is 2. The zero-order valence-electron chi connectivity index (χ0n) is 28.1. The molecule has 0 atom stereocenters. The molecule has 0 amide bonds. The van der Waals surface area contributed by atoms with Crippen molar-refractivity contribution < 1.29 is 36.2 Å². The first-order valence-corrected chi connectivity index (χ1v) is 19.2. The van der Waals surface area contributed by atoms with Gasteiger partial charge in [0.1, 0.15) is 21.2 Å². The van der Waals surface area contributed by atoms with Gasteiger partial charge in [0.2, 0.25) is 0 Å². The van der Waals surface area contributed by atoms with Crippen LogP contribution in [0.25, 0.3) is 32.7 Å². The maximum absolute atomic E-state index is 12.2. The molecule has 6 aromatic rings. The van der Waals surface area contributed by atoms with Gasteiger partial charge in [-0.05, 0) is 82.3 Å². The third-order valence-corrected chi connectivity index (χ3v) is 10.3. The molecule has 0 radical (unpaired) electrons. The van der Waals surface area contributed by atoms with Crippen LogP contribution in [0, 0.1) is 0 Å². The molecule has 266 valence electrons. The van der Waals surface area contributed by atoms with Gasteiger partial charge in [0.25, 0.3) is 20.2 Å². The topological polar surface area (TPSA) is 199 Å². The Bertz CT molecular complexity index is 2460. The number of hydrogen-bond acceptors (Lipinski definition) is 10. The molecule has 0 saturated heterocycles. The van der Waals surface area contributed by atoms with Crippen LogP contribution in [0.4, 0.5) is 22.7 Å². The molecule has 52 heavy (non-hydrogen) atoms. The van der Waals surface area contributed by atoms with Gasteiger partial charge in [0, 0.05) is 10.8 Å². The van der Waals surface area contributed by atoms with Gasteiger partial charge in [0.15, 0.2) is 11.5 Å².